The van der Waals surface area contributed by atoms with Gasteiger partial charge in [0.2, 0.25) is 0 Å². The first kappa shape index (κ1) is 18.8. The molecule has 0 spiro atoms. The minimum absolute atomic E-state index is 0. The van der Waals surface area contributed by atoms with E-state index < -0.39 is 5.97 Å². The molecule has 3 aromatic rings. The number of carboxylic acid groups (broad SMARTS) is 1. The van der Waals surface area contributed by atoms with E-state index in [1.807, 2.05) is 18.2 Å². The van der Waals surface area contributed by atoms with E-state index >= 15 is 0 Å². The van der Waals surface area contributed by atoms with Gasteiger partial charge in [0.15, 0.2) is 0 Å². The van der Waals surface area contributed by atoms with Gasteiger partial charge in [-0.05, 0) is 35.4 Å². The number of aromatic carboxylic acids is 1. The Morgan fingerprint density at radius 3 is 2.16 bits per heavy atom. The molecule has 3 rings (SSSR count). The van der Waals surface area contributed by atoms with E-state index in [-0.39, 0.29) is 23.7 Å². The van der Waals surface area contributed by atoms with Crippen LogP contribution in [0.3, 0.4) is 0 Å². The van der Waals surface area contributed by atoms with Gasteiger partial charge in [-0.15, -0.1) is 12.4 Å². The van der Waals surface area contributed by atoms with E-state index in [1.54, 1.807) is 47.5 Å². The van der Waals surface area contributed by atoms with Gasteiger partial charge >= 0.3 is 11.7 Å². The lowest BCUT2D eigenvalue weighted by Gasteiger charge is -2.06. The molecule has 7 heteroatoms. The van der Waals surface area contributed by atoms with Crippen LogP contribution in [0.4, 0.5) is 0 Å². The predicted molar refractivity (Wildman–Crippen MR) is 99.4 cm³/mol. The number of imidazole rings is 1. The lowest BCUT2D eigenvalue weighted by Crippen LogP contribution is -2.19. The molecule has 1 aromatic heterocycles. The molecule has 0 fully saturated rings. The van der Waals surface area contributed by atoms with Gasteiger partial charge in [-0.3, -0.25) is 9.13 Å². The summed E-state index contributed by atoms with van der Waals surface area (Å²) in [6, 6.07) is 12.8. The van der Waals surface area contributed by atoms with Gasteiger partial charge in [0.25, 0.3) is 0 Å². The number of halogens is 1. The van der Waals surface area contributed by atoms with E-state index in [0.29, 0.717) is 13.1 Å². The number of fused-ring (bicyclic) bond motifs is 1. The number of benzene rings is 2. The van der Waals surface area contributed by atoms with Crippen LogP contribution in [-0.4, -0.2) is 20.2 Å². The average molecular weight is 362 g/mol. The van der Waals surface area contributed by atoms with Gasteiger partial charge < -0.3 is 10.4 Å². The molecule has 2 aromatic carbocycles. The highest BCUT2D eigenvalue weighted by molar-refractivity contribution is 5.87. The highest BCUT2D eigenvalue weighted by atomic mass is 35.5. The Morgan fingerprint density at radius 2 is 1.52 bits per heavy atom. The van der Waals surface area contributed by atoms with Gasteiger partial charge in [-0.25, -0.2) is 9.59 Å². The number of nitrogens with zero attached hydrogens (tertiary/aromatic N) is 2. The molecular formula is C18H20ClN3O3. The Hall–Kier alpha value is -2.57. The number of carbonyl (C=O) groups is 1. The van der Waals surface area contributed by atoms with Crippen LogP contribution in [0.5, 0.6) is 0 Å². The SMILES string of the molecule is Cl.Cn1c(=O)n(C)c2cc(CNCc3ccc(C(=O)O)cc3)ccc21. The third-order valence-electron chi connectivity index (χ3n) is 4.20. The number of hydrogen-bond donors (Lipinski definition) is 2. The molecule has 25 heavy (non-hydrogen) atoms. The minimum Gasteiger partial charge on any atom is -0.478 e. The molecule has 0 bridgehead atoms. The summed E-state index contributed by atoms with van der Waals surface area (Å²) in [5.41, 5.74) is 4.19. The molecule has 0 aliphatic heterocycles. The van der Waals surface area contributed by atoms with Gasteiger partial charge in [-0.2, -0.15) is 0 Å². The molecule has 0 unspecified atom stereocenters. The van der Waals surface area contributed by atoms with E-state index in [4.69, 9.17) is 5.11 Å². The minimum atomic E-state index is -0.920. The third kappa shape index (κ3) is 3.75. The first-order valence-electron chi connectivity index (χ1n) is 7.64. The summed E-state index contributed by atoms with van der Waals surface area (Å²) < 4.78 is 3.28. The van der Waals surface area contributed by atoms with Crippen molar-refractivity contribution >= 4 is 29.4 Å². The summed E-state index contributed by atoms with van der Waals surface area (Å²) in [4.78, 5) is 22.8. The van der Waals surface area contributed by atoms with Crippen LogP contribution < -0.4 is 11.0 Å². The fraction of sp³-hybridized carbons (Fsp3) is 0.222. The van der Waals surface area contributed by atoms with Crippen LogP contribution in [-0.2, 0) is 27.2 Å². The maximum absolute atomic E-state index is 11.9. The molecule has 0 amide bonds. The zero-order chi connectivity index (χ0) is 17.3. The maximum Gasteiger partial charge on any atom is 0.335 e. The molecular weight excluding hydrogens is 342 g/mol. The van der Waals surface area contributed by atoms with Crippen molar-refractivity contribution in [1.29, 1.82) is 0 Å². The molecule has 1 heterocycles. The van der Waals surface area contributed by atoms with Crippen LogP contribution in [0.25, 0.3) is 11.0 Å². The van der Waals surface area contributed by atoms with Crippen LogP contribution >= 0.6 is 12.4 Å². The van der Waals surface area contributed by atoms with Crippen LogP contribution in [0.1, 0.15) is 21.5 Å². The number of aromatic nitrogens is 2. The number of carboxylic acids is 1. The Bertz CT molecular complexity index is 958. The molecule has 0 aliphatic rings. The van der Waals surface area contributed by atoms with Crippen molar-refractivity contribution in [2.45, 2.75) is 13.1 Å². The van der Waals surface area contributed by atoms with E-state index in [2.05, 4.69) is 5.32 Å². The topological polar surface area (TPSA) is 76.3 Å². The van der Waals surface area contributed by atoms with Crippen molar-refractivity contribution in [2.24, 2.45) is 14.1 Å². The number of nitrogens with one attached hydrogen (secondary N) is 1. The lowest BCUT2D eigenvalue weighted by molar-refractivity contribution is 0.0697. The third-order valence-corrected chi connectivity index (χ3v) is 4.20. The normalized spacial score (nSPS) is 10.6. The van der Waals surface area contributed by atoms with Crippen LogP contribution in [0, 0.1) is 0 Å². The van der Waals surface area contributed by atoms with Crippen molar-refractivity contribution in [3.63, 3.8) is 0 Å². The molecule has 0 atom stereocenters. The zero-order valence-electron chi connectivity index (χ0n) is 14.0. The summed E-state index contributed by atoms with van der Waals surface area (Å²) in [5.74, 6) is -0.920. The first-order chi connectivity index (χ1) is 11.5. The van der Waals surface area contributed by atoms with Crippen molar-refractivity contribution in [2.75, 3.05) is 0 Å². The second kappa shape index (κ2) is 7.55. The molecule has 6 nitrogen and oxygen atoms in total. The molecule has 132 valence electrons. The predicted octanol–water partition coefficient (Wildman–Crippen LogP) is 2.29. The monoisotopic (exact) mass is 361 g/mol. The highest BCUT2D eigenvalue weighted by Crippen LogP contribution is 2.14. The first-order valence-corrected chi connectivity index (χ1v) is 7.64. The molecule has 0 saturated heterocycles. The summed E-state index contributed by atoms with van der Waals surface area (Å²) in [6.07, 6.45) is 0. The Balaban J connectivity index is 0.00000225. The molecule has 0 saturated carbocycles. The highest BCUT2D eigenvalue weighted by Gasteiger charge is 2.08. The van der Waals surface area contributed by atoms with E-state index in [0.717, 1.165) is 22.2 Å². The lowest BCUT2D eigenvalue weighted by atomic mass is 10.1. The average Bonchev–Trinajstić information content (AvgIpc) is 2.80. The smallest absolute Gasteiger partial charge is 0.335 e. The Labute approximate surface area is 151 Å². The van der Waals surface area contributed by atoms with Crippen molar-refractivity contribution in [3.8, 4) is 0 Å². The molecule has 0 aliphatic carbocycles. The van der Waals surface area contributed by atoms with Gasteiger partial charge in [-0.1, -0.05) is 18.2 Å². The van der Waals surface area contributed by atoms with Gasteiger partial charge in [0, 0.05) is 27.2 Å². The van der Waals surface area contributed by atoms with Crippen molar-refractivity contribution < 1.29 is 9.90 Å². The Kier molecular flexibility index (Phi) is 5.66. The molecule has 0 radical (unpaired) electrons. The van der Waals surface area contributed by atoms with E-state index in [1.165, 1.54) is 0 Å². The number of hydrogen-bond acceptors (Lipinski definition) is 3. The largest absolute Gasteiger partial charge is 0.478 e. The van der Waals surface area contributed by atoms with Crippen LogP contribution in [0.2, 0.25) is 0 Å². The number of rotatable bonds is 5. The summed E-state index contributed by atoms with van der Waals surface area (Å²) >= 11 is 0. The Morgan fingerprint density at radius 1 is 0.960 bits per heavy atom. The van der Waals surface area contributed by atoms with Crippen LogP contribution in [0.15, 0.2) is 47.3 Å². The fourth-order valence-corrected chi connectivity index (χ4v) is 2.78. The van der Waals surface area contributed by atoms with Crippen molar-refractivity contribution in [1.82, 2.24) is 14.5 Å². The van der Waals surface area contributed by atoms with Crippen molar-refractivity contribution in [3.05, 3.63) is 69.6 Å². The van der Waals surface area contributed by atoms with Gasteiger partial charge in [0.1, 0.15) is 0 Å². The fourth-order valence-electron chi connectivity index (χ4n) is 2.78. The summed E-state index contributed by atoms with van der Waals surface area (Å²) in [5, 5.41) is 12.2. The number of aryl methyl sites for hydroxylation is 2. The summed E-state index contributed by atoms with van der Waals surface area (Å²) in [7, 11) is 3.54. The second-order valence-corrected chi connectivity index (χ2v) is 5.83. The summed E-state index contributed by atoms with van der Waals surface area (Å²) in [6.45, 7) is 1.31. The standard InChI is InChI=1S/C18H19N3O3.ClH/c1-20-15-8-5-13(9-16(15)21(2)18(20)24)11-19-10-12-3-6-14(7-4-12)17(22)23;/h3-9,19H,10-11H2,1-2H3,(H,22,23);1H. The zero-order valence-corrected chi connectivity index (χ0v) is 14.8. The quantitative estimate of drug-likeness (QED) is 0.731. The maximum atomic E-state index is 11.9. The molecule has 2 N–H and O–H groups in total. The second-order valence-electron chi connectivity index (χ2n) is 5.83. The van der Waals surface area contributed by atoms with E-state index in [9.17, 15) is 9.59 Å². The van der Waals surface area contributed by atoms with Gasteiger partial charge in [0.05, 0.1) is 16.6 Å².